The number of carbonyl (C=O) groups excluding carboxylic acids is 1. The van der Waals surface area contributed by atoms with Crippen LogP contribution in [0.5, 0.6) is 0 Å². The van der Waals surface area contributed by atoms with Gasteiger partial charge in [-0.1, -0.05) is 23.8 Å². The fraction of sp³-hybridized carbons (Fsp3) is 0.292. The Kier molecular flexibility index (Phi) is 4.38. The highest BCUT2D eigenvalue weighted by Crippen LogP contribution is 2.36. The second kappa shape index (κ2) is 7.40. The summed E-state index contributed by atoms with van der Waals surface area (Å²) < 4.78 is 0. The van der Waals surface area contributed by atoms with Crippen molar-refractivity contribution in [3.8, 4) is 5.69 Å². The van der Waals surface area contributed by atoms with E-state index in [1.54, 1.807) is 12.4 Å². The van der Waals surface area contributed by atoms with Gasteiger partial charge >= 0.3 is 0 Å². The maximum absolute atomic E-state index is 13.6. The van der Waals surface area contributed by atoms with Crippen LogP contribution in [0.4, 0.5) is 5.82 Å². The van der Waals surface area contributed by atoms with Crippen LogP contribution in [0, 0.1) is 12.8 Å². The lowest BCUT2D eigenvalue weighted by Gasteiger charge is -2.53. The summed E-state index contributed by atoms with van der Waals surface area (Å²) >= 11 is 0. The maximum atomic E-state index is 13.6. The average Bonchev–Trinajstić information content (AvgIpc) is 3.34. The highest BCUT2D eigenvalue weighted by Gasteiger charge is 2.44. The van der Waals surface area contributed by atoms with E-state index in [9.17, 15) is 4.79 Å². The van der Waals surface area contributed by atoms with Crippen molar-refractivity contribution in [1.29, 1.82) is 0 Å². The number of aromatic nitrogens is 5. The average molecular weight is 425 g/mol. The Labute approximate surface area is 185 Å². The lowest BCUT2D eigenvalue weighted by molar-refractivity contribution is 0.0591. The van der Waals surface area contributed by atoms with Crippen LogP contribution in [0.25, 0.3) is 16.7 Å². The third-order valence-corrected chi connectivity index (χ3v) is 6.59. The number of para-hydroxylation sites is 2. The van der Waals surface area contributed by atoms with Gasteiger partial charge in [-0.05, 0) is 37.6 Å². The van der Waals surface area contributed by atoms with Gasteiger partial charge in [0.1, 0.15) is 5.82 Å². The molecule has 2 aromatic carbocycles. The fourth-order valence-electron chi connectivity index (χ4n) is 4.84. The fourth-order valence-corrected chi connectivity index (χ4v) is 4.84. The van der Waals surface area contributed by atoms with Gasteiger partial charge in [-0.3, -0.25) is 9.78 Å². The molecule has 4 heterocycles. The molecule has 0 radical (unpaired) electrons. The second-order valence-electron chi connectivity index (χ2n) is 8.58. The smallest absolute Gasteiger partial charge is 0.256 e. The number of likely N-dealkylation sites (tertiary alicyclic amines) is 1. The first-order chi connectivity index (χ1) is 15.7. The van der Waals surface area contributed by atoms with Crippen LogP contribution in [-0.2, 0) is 0 Å². The number of fused-ring (bicyclic) bond motifs is 2. The molecule has 1 amide bonds. The maximum Gasteiger partial charge on any atom is 0.256 e. The van der Waals surface area contributed by atoms with Crippen LogP contribution in [0.3, 0.4) is 0 Å². The molecule has 6 rings (SSSR count). The van der Waals surface area contributed by atoms with Gasteiger partial charge in [-0.2, -0.15) is 15.0 Å². The summed E-state index contributed by atoms with van der Waals surface area (Å²) in [6.07, 6.45) is 6.09. The number of nitrogens with zero attached hydrogens (tertiary/aromatic N) is 7. The topological polar surface area (TPSA) is 80.0 Å². The predicted molar refractivity (Wildman–Crippen MR) is 121 cm³/mol. The minimum Gasteiger partial charge on any atom is -0.350 e. The second-order valence-corrected chi connectivity index (χ2v) is 8.58. The molecule has 8 nitrogen and oxygen atoms in total. The normalized spacial score (nSPS) is 20.2. The van der Waals surface area contributed by atoms with Gasteiger partial charge in [-0.15, -0.1) is 0 Å². The van der Waals surface area contributed by atoms with Gasteiger partial charge in [-0.25, -0.2) is 4.98 Å². The molecule has 0 aliphatic carbocycles. The third-order valence-electron chi connectivity index (χ3n) is 6.59. The molecule has 2 aliphatic heterocycles. The summed E-state index contributed by atoms with van der Waals surface area (Å²) in [4.78, 5) is 28.7. The van der Waals surface area contributed by atoms with Crippen molar-refractivity contribution in [3.63, 3.8) is 0 Å². The van der Waals surface area contributed by atoms with Crippen molar-refractivity contribution in [2.75, 3.05) is 24.5 Å². The van der Waals surface area contributed by atoms with E-state index in [-0.39, 0.29) is 11.9 Å². The zero-order valence-electron chi connectivity index (χ0n) is 17.8. The number of hydrogen-bond donors (Lipinski definition) is 0. The summed E-state index contributed by atoms with van der Waals surface area (Å²) in [5.41, 5.74) is 4.17. The Morgan fingerprint density at radius 1 is 1.03 bits per heavy atom. The van der Waals surface area contributed by atoms with E-state index in [0.29, 0.717) is 23.7 Å². The summed E-state index contributed by atoms with van der Waals surface area (Å²) in [5.74, 6) is 1.49. The molecule has 4 aromatic rings. The number of anilines is 1. The first-order valence-corrected chi connectivity index (χ1v) is 10.9. The molecule has 32 heavy (non-hydrogen) atoms. The van der Waals surface area contributed by atoms with Crippen molar-refractivity contribution in [2.45, 2.75) is 19.4 Å². The zero-order valence-corrected chi connectivity index (χ0v) is 17.8. The summed E-state index contributed by atoms with van der Waals surface area (Å²) in [6.45, 7) is 4.40. The molecule has 0 bridgehead atoms. The zero-order chi connectivity index (χ0) is 21.7. The molecule has 0 N–H and O–H groups in total. The van der Waals surface area contributed by atoms with E-state index in [1.807, 2.05) is 60.5 Å². The number of amides is 1. The third kappa shape index (κ3) is 3.10. The SMILES string of the molecule is Cc1ccc(-n2nccn2)c(C(=O)N2CC[C@H]3CN(c4cnc5ccccc5n4)[C@@H]3C2)c1. The molecule has 8 heteroatoms. The van der Waals surface area contributed by atoms with Crippen molar-refractivity contribution < 1.29 is 4.79 Å². The summed E-state index contributed by atoms with van der Waals surface area (Å²) in [7, 11) is 0. The Bertz CT molecular complexity index is 1300. The van der Waals surface area contributed by atoms with Crippen molar-refractivity contribution in [2.24, 2.45) is 5.92 Å². The van der Waals surface area contributed by atoms with Crippen LogP contribution in [0.2, 0.25) is 0 Å². The van der Waals surface area contributed by atoms with E-state index in [1.165, 1.54) is 4.80 Å². The monoisotopic (exact) mass is 425 g/mol. The molecule has 2 aliphatic rings. The van der Waals surface area contributed by atoms with Gasteiger partial charge in [0.2, 0.25) is 0 Å². The number of hydrogen-bond acceptors (Lipinski definition) is 6. The number of carbonyl (C=O) groups is 1. The Hall–Kier alpha value is -3.81. The highest BCUT2D eigenvalue weighted by atomic mass is 16.2. The Balaban J connectivity index is 1.26. The summed E-state index contributed by atoms with van der Waals surface area (Å²) in [5, 5.41) is 8.46. The summed E-state index contributed by atoms with van der Waals surface area (Å²) in [6, 6.07) is 14.0. The van der Waals surface area contributed by atoms with E-state index in [0.717, 1.165) is 41.9 Å². The Morgan fingerprint density at radius 3 is 2.69 bits per heavy atom. The van der Waals surface area contributed by atoms with Crippen molar-refractivity contribution in [1.82, 2.24) is 29.9 Å². The first-order valence-electron chi connectivity index (χ1n) is 10.9. The van der Waals surface area contributed by atoms with Crippen LogP contribution in [0.1, 0.15) is 22.3 Å². The van der Waals surface area contributed by atoms with E-state index in [2.05, 4.69) is 20.1 Å². The van der Waals surface area contributed by atoms with E-state index >= 15 is 0 Å². The minimum atomic E-state index is 0.0240. The van der Waals surface area contributed by atoms with Crippen LogP contribution >= 0.6 is 0 Å². The van der Waals surface area contributed by atoms with Gasteiger partial charge in [0.05, 0.1) is 46.9 Å². The largest absolute Gasteiger partial charge is 0.350 e. The van der Waals surface area contributed by atoms with Crippen LogP contribution < -0.4 is 4.90 Å². The van der Waals surface area contributed by atoms with Gasteiger partial charge in [0.15, 0.2) is 0 Å². The Morgan fingerprint density at radius 2 is 1.84 bits per heavy atom. The van der Waals surface area contributed by atoms with Crippen LogP contribution in [-0.4, -0.2) is 61.4 Å². The predicted octanol–water partition coefficient (Wildman–Crippen LogP) is 2.87. The van der Waals surface area contributed by atoms with Crippen molar-refractivity contribution in [3.05, 3.63) is 72.2 Å². The van der Waals surface area contributed by atoms with E-state index < -0.39 is 0 Å². The molecule has 2 atom stereocenters. The minimum absolute atomic E-state index is 0.0240. The molecule has 2 fully saturated rings. The lowest BCUT2D eigenvalue weighted by Crippen LogP contribution is -2.65. The molecule has 2 saturated heterocycles. The molecule has 0 spiro atoms. The molecule has 160 valence electrons. The quantitative estimate of drug-likeness (QED) is 0.502. The van der Waals surface area contributed by atoms with Gasteiger partial charge in [0.25, 0.3) is 5.91 Å². The molecule has 2 aromatic heterocycles. The standard InChI is InChI=1S/C24H23N7O/c1-16-6-7-21(31-26-9-10-27-31)18(12-16)24(32)29-11-8-17-14-30(22(17)15-29)23-13-25-19-4-2-3-5-20(19)28-23/h2-7,9-10,12-13,17,22H,8,11,14-15H2,1H3/t17-,22+/m0/s1. The molecule has 0 unspecified atom stereocenters. The lowest BCUT2D eigenvalue weighted by atomic mass is 9.82. The van der Waals surface area contributed by atoms with Gasteiger partial charge in [0, 0.05) is 25.6 Å². The number of benzene rings is 2. The molecular formula is C24H23N7O. The number of piperidine rings is 1. The number of aryl methyl sites for hydroxylation is 1. The van der Waals surface area contributed by atoms with Gasteiger partial charge < -0.3 is 9.80 Å². The molecular weight excluding hydrogens is 402 g/mol. The highest BCUT2D eigenvalue weighted by molar-refractivity contribution is 5.98. The van der Waals surface area contributed by atoms with Crippen LogP contribution in [0.15, 0.2) is 61.1 Å². The van der Waals surface area contributed by atoms with E-state index in [4.69, 9.17) is 4.98 Å². The van der Waals surface area contributed by atoms with Crippen molar-refractivity contribution >= 4 is 22.8 Å². The first kappa shape index (κ1) is 18.9. The number of rotatable bonds is 3. The molecule has 0 saturated carbocycles.